The molecule has 0 heterocycles. The van der Waals surface area contributed by atoms with Crippen molar-refractivity contribution in [1.82, 2.24) is 0 Å². The highest BCUT2D eigenvalue weighted by Gasteiger charge is 1.94. The number of allylic oxidation sites excluding steroid dienone is 1. The highest BCUT2D eigenvalue weighted by atomic mass is 14.0. The molecule has 0 fully saturated rings. The monoisotopic (exact) mass is 286 g/mol. The fraction of sp³-hybridized carbons (Fsp3) is 0.619. The van der Waals surface area contributed by atoms with Crippen molar-refractivity contribution in [3.8, 4) is 0 Å². The molecule has 1 rings (SSSR count). The third-order valence-electron chi connectivity index (χ3n) is 4.08. The second-order valence-corrected chi connectivity index (χ2v) is 6.16. The molecule has 0 N–H and O–H groups in total. The summed E-state index contributed by atoms with van der Waals surface area (Å²) in [6, 6.07) is 9.14. The van der Waals surface area contributed by atoms with Crippen LogP contribution in [0.2, 0.25) is 0 Å². The number of hydrogen-bond donors (Lipinski definition) is 0. The van der Waals surface area contributed by atoms with Crippen molar-refractivity contribution >= 4 is 6.08 Å². The minimum Gasteiger partial charge on any atom is -0.0839 e. The van der Waals surface area contributed by atoms with Gasteiger partial charge in [-0.05, 0) is 36.8 Å². The second kappa shape index (κ2) is 12.7. The van der Waals surface area contributed by atoms with E-state index in [0.29, 0.717) is 0 Å². The van der Waals surface area contributed by atoms with E-state index in [1.54, 1.807) is 0 Å². The average Bonchev–Trinajstić information content (AvgIpc) is 2.52. The van der Waals surface area contributed by atoms with Crippen molar-refractivity contribution in [2.24, 2.45) is 0 Å². The number of unbranched alkanes of at least 4 members (excludes halogenated alkanes) is 8. The molecule has 0 aromatic heterocycles. The molecule has 0 aliphatic rings. The van der Waals surface area contributed by atoms with Crippen LogP contribution in [0.5, 0.6) is 0 Å². The van der Waals surface area contributed by atoms with Crippen molar-refractivity contribution in [2.45, 2.75) is 84.5 Å². The van der Waals surface area contributed by atoms with Crippen LogP contribution in [0.4, 0.5) is 0 Å². The highest BCUT2D eigenvalue weighted by Crippen LogP contribution is 2.12. The second-order valence-electron chi connectivity index (χ2n) is 6.16. The number of aryl methyl sites for hydroxylation is 1. The van der Waals surface area contributed by atoms with E-state index < -0.39 is 0 Å². The van der Waals surface area contributed by atoms with Gasteiger partial charge in [-0.3, -0.25) is 0 Å². The lowest BCUT2D eigenvalue weighted by Gasteiger charge is -2.03. The minimum atomic E-state index is 1.22. The van der Waals surface area contributed by atoms with Crippen LogP contribution in [0.15, 0.2) is 30.3 Å². The Balaban J connectivity index is 2.17. The third kappa shape index (κ3) is 9.50. The van der Waals surface area contributed by atoms with Gasteiger partial charge in [-0.2, -0.15) is 0 Å². The lowest BCUT2D eigenvalue weighted by atomic mass is 10.0. The molecule has 0 heteroatoms. The molecule has 0 aliphatic heterocycles. The van der Waals surface area contributed by atoms with Crippen molar-refractivity contribution < 1.29 is 0 Å². The Morgan fingerprint density at radius 1 is 0.714 bits per heavy atom. The van der Waals surface area contributed by atoms with E-state index in [1.165, 1.54) is 81.8 Å². The first kappa shape index (κ1) is 18.0. The van der Waals surface area contributed by atoms with Crippen LogP contribution in [0.25, 0.3) is 6.08 Å². The molecule has 0 saturated carbocycles. The van der Waals surface area contributed by atoms with Gasteiger partial charge in [0, 0.05) is 0 Å². The zero-order chi connectivity index (χ0) is 15.2. The Hall–Kier alpha value is -1.04. The van der Waals surface area contributed by atoms with Crippen molar-refractivity contribution in [2.75, 3.05) is 0 Å². The summed E-state index contributed by atoms with van der Waals surface area (Å²) in [6.45, 7) is 4.53. The average molecular weight is 287 g/mol. The molecule has 0 saturated heterocycles. The Morgan fingerprint density at radius 2 is 1.33 bits per heavy atom. The smallest absolute Gasteiger partial charge is 0.0260 e. The molecule has 0 nitrogen and oxygen atoms in total. The zero-order valence-corrected chi connectivity index (χ0v) is 14.2. The zero-order valence-electron chi connectivity index (χ0n) is 14.2. The lowest BCUT2D eigenvalue weighted by Crippen LogP contribution is -1.86. The molecular weight excluding hydrogens is 252 g/mol. The quantitative estimate of drug-likeness (QED) is 0.357. The first-order chi connectivity index (χ1) is 10.4. The maximum absolute atomic E-state index is 2.32. The fourth-order valence-electron chi connectivity index (χ4n) is 2.64. The highest BCUT2D eigenvalue weighted by molar-refractivity contribution is 5.49. The summed E-state index contributed by atoms with van der Waals surface area (Å²) in [7, 11) is 0. The predicted molar refractivity (Wildman–Crippen MR) is 96.7 cm³/mol. The summed E-state index contributed by atoms with van der Waals surface area (Å²) in [5.41, 5.74) is 2.84. The van der Waals surface area contributed by atoms with E-state index in [-0.39, 0.29) is 0 Å². The SMILES string of the molecule is CCCCCC=Cc1ccc(CCCCCCCC)cc1. The first-order valence-corrected chi connectivity index (χ1v) is 9.12. The van der Waals surface area contributed by atoms with Crippen LogP contribution in [0.1, 0.15) is 89.2 Å². The van der Waals surface area contributed by atoms with E-state index in [0.717, 1.165) is 0 Å². The van der Waals surface area contributed by atoms with Gasteiger partial charge < -0.3 is 0 Å². The number of benzene rings is 1. The van der Waals surface area contributed by atoms with Gasteiger partial charge >= 0.3 is 0 Å². The molecule has 0 bridgehead atoms. The van der Waals surface area contributed by atoms with Crippen LogP contribution in [0.3, 0.4) is 0 Å². The van der Waals surface area contributed by atoms with Gasteiger partial charge in [-0.1, -0.05) is 95.2 Å². The Bertz CT molecular complexity index is 358. The van der Waals surface area contributed by atoms with Crippen LogP contribution in [-0.2, 0) is 6.42 Å². The van der Waals surface area contributed by atoms with Crippen molar-refractivity contribution in [3.63, 3.8) is 0 Å². The fourth-order valence-corrected chi connectivity index (χ4v) is 2.64. The summed E-state index contributed by atoms with van der Waals surface area (Å²) in [5.74, 6) is 0. The van der Waals surface area contributed by atoms with E-state index in [1.807, 2.05) is 0 Å². The minimum absolute atomic E-state index is 1.22. The van der Waals surface area contributed by atoms with Gasteiger partial charge in [-0.15, -0.1) is 0 Å². The Morgan fingerprint density at radius 3 is 2.05 bits per heavy atom. The van der Waals surface area contributed by atoms with Gasteiger partial charge in [0.15, 0.2) is 0 Å². The molecule has 0 amide bonds. The van der Waals surface area contributed by atoms with Crippen LogP contribution < -0.4 is 0 Å². The molecule has 0 atom stereocenters. The maximum Gasteiger partial charge on any atom is -0.0260 e. The van der Waals surface area contributed by atoms with Gasteiger partial charge in [0.1, 0.15) is 0 Å². The number of rotatable bonds is 12. The maximum atomic E-state index is 2.32. The van der Waals surface area contributed by atoms with E-state index in [2.05, 4.69) is 50.3 Å². The molecule has 0 aliphatic carbocycles. The van der Waals surface area contributed by atoms with E-state index >= 15 is 0 Å². The molecule has 21 heavy (non-hydrogen) atoms. The molecular formula is C21H34. The summed E-state index contributed by atoms with van der Waals surface area (Å²) in [5, 5.41) is 0. The summed E-state index contributed by atoms with van der Waals surface area (Å²) >= 11 is 0. The largest absolute Gasteiger partial charge is 0.0839 e. The van der Waals surface area contributed by atoms with Crippen LogP contribution in [0, 0.1) is 0 Å². The topological polar surface area (TPSA) is 0 Å². The van der Waals surface area contributed by atoms with Gasteiger partial charge in [0.05, 0.1) is 0 Å². The standard InChI is InChI=1S/C21H34/c1-3-5-7-9-11-13-15-21-18-16-20(17-19-21)14-12-10-8-6-4-2/h12,14,16-19H,3-11,13,15H2,1-2H3. The molecule has 0 radical (unpaired) electrons. The molecule has 1 aromatic rings. The van der Waals surface area contributed by atoms with Crippen molar-refractivity contribution in [3.05, 3.63) is 41.5 Å². The van der Waals surface area contributed by atoms with Gasteiger partial charge in [0.25, 0.3) is 0 Å². The summed E-state index contributed by atoms with van der Waals surface area (Å²) in [4.78, 5) is 0. The molecule has 118 valence electrons. The van der Waals surface area contributed by atoms with Crippen LogP contribution >= 0.6 is 0 Å². The van der Waals surface area contributed by atoms with Crippen molar-refractivity contribution in [1.29, 1.82) is 0 Å². The van der Waals surface area contributed by atoms with E-state index in [4.69, 9.17) is 0 Å². The summed E-state index contributed by atoms with van der Waals surface area (Å²) in [6.07, 6.45) is 19.3. The van der Waals surface area contributed by atoms with Gasteiger partial charge in [0.2, 0.25) is 0 Å². The molecule has 0 unspecified atom stereocenters. The predicted octanol–water partition coefficient (Wildman–Crippen LogP) is 7.18. The Kier molecular flexibility index (Phi) is 10.9. The normalized spacial score (nSPS) is 11.3. The Labute approximate surface area is 132 Å². The lowest BCUT2D eigenvalue weighted by molar-refractivity contribution is 0.607. The molecule has 1 aromatic carbocycles. The van der Waals surface area contributed by atoms with Crippen LogP contribution in [-0.4, -0.2) is 0 Å². The van der Waals surface area contributed by atoms with Gasteiger partial charge in [-0.25, -0.2) is 0 Å². The van der Waals surface area contributed by atoms with E-state index in [9.17, 15) is 0 Å². The number of hydrogen-bond acceptors (Lipinski definition) is 0. The third-order valence-corrected chi connectivity index (χ3v) is 4.08. The summed E-state index contributed by atoms with van der Waals surface area (Å²) < 4.78 is 0. The first-order valence-electron chi connectivity index (χ1n) is 9.12. The molecule has 0 spiro atoms.